The van der Waals surface area contributed by atoms with Gasteiger partial charge in [-0.2, -0.15) is 0 Å². The van der Waals surface area contributed by atoms with Gasteiger partial charge in [-0.25, -0.2) is 8.78 Å². The third-order valence-electron chi connectivity index (χ3n) is 3.84. The number of benzene rings is 1. The maximum absolute atomic E-state index is 13.4. The Morgan fingerprint density at radius 2 is 1.67 bits per heavy atom. The summed E-state index contributed by atoms with van der Waals surface area (Å²) in [6, 6.07) is 2.78. The second-order valence-electron chi connectivity index (χ2n) is 4.99. The van der Waals surface area contributed by atoms with Gasteiger partial charge >= 0.3 is 0 Å². The van der Waals surface area contributed by atoms with Gasteiger partial charge in [-0.3, -0.25) is 0 Å². The summed E-state index contributed by atoms with van der Waals surface area (Å²) in [6.07, 6.45) is 5.50. The number of halogens is 4. The van der Waals surface area contributed by atoms with Crippen LogP contribution in [-0.2, 0) is 0 Å². The van der Waals surface area contributed by atoms with E-state index in [1.165, 1.54) is 18.6 Å². The second-order valence-corrected chi connectivity index (χ2v) is 6.16. The predicted molar refractivity (Wildman–Crippen MR) is 74.5 cm³/mol. The highest BCUT2D eigenvalue weighted by Crippen LogP contribution is 2.38. The summed E-state index contributed by atoms with van der Waals surface area (Å²) in [7, 11) is 0. The summed E-state index contributed by atoms with van der Waals surface area (Å²) in [5, 5.41) is 0.638. The van der Waals surface area contributed by atoms with E-state index >= 15 is 0 Å². The lowest BCUT2D eigenvalue weighted by Crippen LogP contribution is -2.14. The molecule has 0 radical (unpaired) electrons. The Morgan fingerprint density at radius 1 is 1.11 bits per heavy atom. The zero-order valence-electron chi connectivity index (χ0n) is 10.1. The number of rotatable bonds is 3. The molecule has 4 heteroatoms. The normalized spacial score (nSPS) is 24.2. The Bertz CT molecular complexity index is 391. The quantitative estimate of drug-likeness (QED) is 0.492. The van der Waals surface area contributed by atoms with Crippen molar-refractivity contribution in [3.63, 3.8) is 0 Å². The fourth-order valence-corrected chi connectivity index (χ4v) is 3.51. The standard InChI is InChI=1S/C14H16BrClF2/c15-6-5-9-1-3-10(4-2-9)11-7-12(17)14(16)13(18)8-11/h7-10H,1-6H2. The molecule has 100 valence electrons. The van der Waals surface area contributed by atoms with E-state index in [-0.39, 0.29) is 5.92 Å². The number of hydrogen-bond donors (Lipinski definition) is 0. The molecule has 0 nitrogen and oxygen atoms in total. The molecule has 2 rings (SSSR count). The van der Waals surface area contributed by atoms with Crippen molar-refractivity contribution in [2.45, 2.75) is 38.0 Å². The van der Waals surface area contributed by atoms with Gasteiger partial charge in [0.15, 0.2) is 0 Å². The Hall–Kier alpha value is -0.150. The number of alkyl halides is 1. The maximum Gasteiger partial charge on any atom is 0.145 e. The second kappa shape index (κ2) is 6.33. The maximum atomic E-state index is 13.4. The summed E-state index contributed by atoms with van der Waals surface area (Å²) in [4.78, 5) is 0. The molecule has 1 aliphatic rings. The van der Waals surface area contributed by atoms with Gasteiger partial charge in [0.25, 0.3) is 0 Å². The summed E-state index contributed by atoms with van der Waals surface area (Å²) in [6.45, 7) is 0. The van der Waals surface area contributed by atoms with Crippen molar-refractivity contribution < 1.29 is 8.78 Å². The molecule has 1 aromatic rings. The van der Waals surface area contributed by atoms with Crippen molar-refractivity contribution in [3.05, 3.63) is 34.4 Å². The van der Waals surface area contributed by atoms with Crippen LogP contribution >= 0.6 is 27.5 Å². The SMILES string of the molecule is Fc1cc(C2CCC(CCBr)CC2)cc(F)c1Cl. The van der Waals surface area contributed by atoms with Gasteiger partial charge in [0.2, 0.25) is 0 Å². The van der Waals surface area contributed by atoms with Gasteiger partial charge < -0.3 is 0 Å². The topological polar surface area (TPSA) is 0 Å². The lowest BCUT2D eigenvalue weighted by Gasteiger charge is -2.28. The van der Waals surface area contributed by atoms with Crippen molar-refractivity contribution in [2.75, 3.05) is 5.33 Å². The average Bonchev–Trinajstić information content (AvgIpc) is 2.37. The highest BCUT2D eigenvalue weighted by molar-refractivity contribution is 9.09. The molecule has 0 atom stereocenters. The first-order valence-corrected chi connectivity index (χ1v) is 7.82. The van der Waals surface area contributed by atoms with Gasteiger partial charge in [0.05, 0.1) is 0 Å². The van der Waals surface area contributed by atoms with Crippen molar-refractivity contribution in [1.82, 2.24) is 0 Å². The van der Waals surface area contributed by atoms with Gasteiger partial charge in [0.1, 0.15) is 16.7 Å². The minimum Gasteiger partial charge on any atom is -0.205 e. The molecule has 1 saturated carbocycles. The monoisotopic (exact) mass is 336 g/mol. The smallest absolute Gasteiger partial charge is 0.145 e. The molecule has 1 fully saturated rings. The predicted octanol–water partition coefficient (Wildman–Crippen LogP) is 5.68. The first-order valence-electron chi connectivity index (χ1n) is 6.32. The Balaban J connectivity index is 2.05. The summed E-state index contributed by atoms with van der Waals surface area (Å²) >= 11 is 8.96. The van der Waals surface area contributed by atoms with Crippen LogP contribution in [0.2, 0.25) is 5.02 Å². The minimum atomic E-state index is -0.644. The molecule has 0 N–H and O–H groups in total. The third-order valence-corrected chi connectivity index (χ3v) is 4.66. The highest BCUT2D eigenvalue weighted by Gasteiger charge is 2.23. The van der Waals surface area contributed by atoms with E-state index < -0.39 is 16.7 Å². The summed E-state index contributed by atoms with van der Waals surface area (Å²) in [5.74, 6) is -0.260. The third kappa shape index (κ3) is 3.24. The molecule has 0 spiro atoms. The van der Waals surface area contributed by atoms with Crippen LogP contribution in [0.5, 0.6) is 0 Å². The summed E-state index contributed by atoms with van der Waals surface area (Å²) < 4.78 is 26.8. The van der Waals surface area contributed by atoms with E-state index in [1.54, 1.807) is 0 Å². The van der Waals surface area contributed by atoms with E-state index in [2.05, 4.69) is 15.9 Å². The first kappa shape index (κ1) is 14.3. The molecule has 1 aliphatic carbocycles. The van der Waals surface area contributed by atoms with Gasteiger partial charge in [-0.05, 0) is 61.6 Å². The molecule has 18 heavy (non-hydrogen) atoms. The molecule has 1 aromatic carbocycles. The van der Waals surface area contributed by atoms with Crippen LogP contribution < -0.4 is 0 Å². The minimum absolute atomic E-state index is 0.276. The van der Waals surface area contributed by atoms with Crippen LogP contribution in [0.3, 0.4) is 0 Å². The Morgan fingerprint density at radius 3 is 2.17 bits per heavy atom. The fourth-order valence-electron chi connectivity index (χ4n) is 2.75. The van der Waals surface area contributed by atoms with Gasteiger partial charge in [-0.1, -0.05) is 27.5 Å². The zero-order valence-corrected chi connectivity index (χ0v) is 12.4. The van der Waals surface area contributed by atoms with Crippen molar-refractivity contribution in [3.8, 4) is 0 Å². The van der Waals surface area contributed by atoms with Gasteiger partial charge in [-0.15, -0.1) is 0 Å². The highest BCUT2D eigenvalue weighted by atomic mass is 79.9. The molecule has 0 unspecified atom stereocenters. The molecule has 0 bridgehead atoms. The van der Waals surface area contributed by atoms with Crippen molar-refractivity contribution >= 4 is 27.5 Å². The van der Waals surface area contributed by atoms with Crippen LogP contribution in [0.1, 0.15) is 43.6 Å². The van der Waals surface area contributed by atoms with Gasteiger partial charge in [0, 0.05) is 5.33 Å². The van der Waals surface area contributed by atoms with E-state index in [4.69, 9.17) is 11.6 Å². The van der Waals surface area contributed by atoms with Crippen LogP contribution in [0.15, 0.2) is 12.1 Å². The first-order chi connectivity index (χ1) is 8.61. The Labute approximate surface area is 120 Å². The van der Waals surface area contributed by atoms with Crippen molar-refractivity contribution in [2.24, 2.45) is 5.92 Å². The van der Waals surface area contributed by atoms with E-state index in [0.717, 1.165) is 42.5 Å². The van der Waals surface area contributed by atoms with Crippen LogP contribution in [-0.4, -0.2) is 5.33 Å². The fraction of sp³-hybridized carbons (Fsp3) is 0.571. The van der Waals surface area contributed by atoms with Crippen molar-refractivity contribution in [1.29, 1.82) is 0 Å². The molecule has 0 saturated heterocycles. The van der Waals surface area contributed by atoms with E-state index in [9.17, 15) is 8.78 Å². The lowest BCUT2D eigenvalue weighted by atomic mass is 9.78. The van der Waals surface area contributed by atoms with E-state index in [1.807, 2.05) is 0 Å². The average molecular weight is 338 g/mol. The molecule has 0 aromatic heterocycles. The van der Waals surface area contributed by atoms with Crippen LogP contribution in [0, 0.1) is 17.6 Å². The zero-order chi connectivity index (χ0) is 13.1. The molecular formula is C14H16BrClF2. The van der Waals surface area contributed by atoms with E-state index in [0.29, 0.717) is 0 Å². The molecular weight excluding hydrogens is 322 g/mol. The van der Waals surface area contributed by atoms with Crippen LogP contribution in [0.4, 0.5) is 8.78 Å². The number of hydrogen-bond acceptors (Lipinski definition) is 0. The molecule has 0 amide bonds. The lowest BCUT2D eigenvalue weighted by molar-refractivity contribution is 0.320. The summed E-state index contributed by atoms with van der Waals surface area (Å²) in [5.41, 5.74) is 0.756. The largest absolute Gasteiger partial charge is 0.205 e. The Kier molecular flexibility index (Phi) is 5.02. The molecule has 0 aliphatic heterocycles. The van der Waals surface area contributed by atoms with Crippen LogP contribution in [0.25, 0.3) is 0 Å². The molecule has 0 heterocycles.